The van der Waals surface area contributed by atoms with Crippen LogP contribution in [0.15, 0.2) is 188 Å². The number of nitrogens with zero attached hydrogens (tertiary/aromatic N) is 12. The van der Waals surface area contributed by atoms with E-state index in [1.54, 1.807) is 73.9 Å². The zero-order valence-corrected chi connectivity index (χ0v) is 66.0. The van der Waals surface area contributed by atoms with Crippen molar-refractivity contribution < 1.29 is 48.0 Å². The second-order valence-corrected chi connectivity index (χ2v) is 26.7. The molecule has 0 radical (unpaired) electrons. The summed E-state index contributed by atoms with van der Waals surface area (Å²) in [7, 11) is 0. The van der Waals surface area contributed by atoms with Gasteiger partial charge in [-0.05, 0) is 138 Å². The average Bonchev–Trinajstić information content (AvgIpc) is 1.35. The number of hydrogen-bond donors (Lipinski definition) is 12. The quantitative estimate of drug-likeness (QED) is 0.0281. The van der Waals surface area contributed by atoms with Crippen LogP contribution in [0.4, 0.5) is 5.82 Å². The van der Waals surface area contributed by atoms with Crippen molar-refractivity contribution in [1.82, 2.24) is 105 Å². The minimum Gasteiger partial charge on any atom is -0.493 e. The standard InChI is InChI=1S/C21H18N4O3.C18H19N5O3.C17H15N5O2.C14H13N5O3.C14H12N4O4/c1-2-28-17-11-14(16(26)10-13-6-4-3-5-7-13)8-9-15(17)19-24-20-18(21(27)25-19)22-12-23-20;1-2-26-13-9-11(18(25)23-7-3-4-8-23)5-6-12(13)15-21-16-14(17(24)22-15)19-10-20-16;1-2-24-14-9-10(13-6-8-19-22-13)3-4-11(14)16-20-15-12(5-7-18-15)17(23)21-16;1-2-22-9-5-7(11(15)20)3-4-8(9)12-18-13-10(14(21)19-12)16-6-17-13;1-2-22-9-5-7(14(20)21)3-4-8(9)11-17-12-10(13(19)18-11)15-6-16-12/h3-9,11-12H,2,10H2,1H3,(H2,22,23,24,25,27);5-6,9-10H,2-4,7-8H2,1H3,(H2,19,20,21,22,24);3-4,6-9H,2,5H2,1H3,(H,19,22)(H,20,21,23);3-6H,2H2,1H3,(H2,15,20)(H2,16,17,18,19,21);3-6H,2H2,1H3,(H,20,21)(H2,15,16,17,18,19). The van der Waals surface area contributed by atoms with Crippen molar-refractivity contribution in [1.29, 1.82) is 0 Å². The van der Waals surface area contributed by atoms with Crippen molar-refractivity contribution in [2.45, 2.75) is 60.3 Å². The highest BCUT2D eigenvalue weighted by atomic mass is 16.5. The van der Waals surface area contributed by atoms with E-state index in [4.69, 9.17) is 34.5 Å². The number of H-pyrrole nitrogens is 10. The fourth-order valence-corrected chi connectivity index (χ4v) is 13.1. The first-order chi connectivity index (χ1) is 59.3. The number of amides is 2. The van der Waals surface area contributed by atoms with E-state index < -0.39 is 11.9 Å². The predicted molar refractivity (Wildman–Crippen MR) is 450 cm³/mol. The highest BCUT2D eigenvalue weighted by Gasteiger charge is 2.25. The molecule has 16 aromatic rings. The van der Waals surface area contributed by atoms with E-state index in [0.717, 1.165) is 48.3 Å². The Balaban J connectivity index is 0.000000125. The number of carbonyl (C=O) groups is 4. The van der Waals surface area contributed by atoms with E-state index in [1.165, 1.54) is 43.5 Å². The smallest absolute Gasteiger partial charge is 0.335 e. The van der Waals surface area contributed by atoms with Crippen molar-refractivity contribution in [3.05, 3.63) is 244 Å². The number of primary amides is 1. The number of imidazole rings is 4. The first-order valence-corrected chi connectivity index (χ1v) is 38.4. The van der Waals surface area contributed by atoms with Crippen LogP contribution in [-0.2, 0) is 12.8 Å². The van der Waals surface area contributed by atoms with Crippen LogP contribution in [0.3, 0.4) is 0 Å². The summed E-state index contributed by atoms with van der Waals surface area (Å²) in [5.74, 6) is 2.98. The Bertz CT molecular complexity index is 6760. The molecule has 2 aliphatic rings. The molecular weight excluding hydrogens is 1570 g/mol. The van der Waals surface area contributed by atoms with E-state index in [9.17, 15) is 43.2 Å². The van der Waals surface area contributed by atoms with Gasteiger partial charge in [-0.1, -0.05) is 42.5 Å². The number of rotatable bonds is 22. The Morgan fingerprint density at radius 2 is 0.828 bits per heavy atom. The van der Waals surface area contributed by atoms with Crippen LogP contribution in [0, 0.1) is 0 Å². The number of carbonyl (C=O) groups excluding carboxylic acids is 3. The van der Waals surface area contributed by atoms with Gasteiger partial charge in [-0.2, -0.15) is 5.10 Å². The molecule has 0 atom stereocenters. The van der Waals surface area contributed by atoms with Crippen LogP contribution < -0.4 is 57.2 Å². The minimum atomic E-state index is -1.06. The maximum Gasteiger partial charge on any atom is 0.335 e. The summed E-state index contributed by atoms with van der Waals surface area (Å²) < 4.78 is 28.2. The van der Waals surface area contributed by atoms with Gasteiger partial charge in [-0.3, -0.25) is 43.5 Å². The molecule has 0 saturated carbocycles. The lowest BCUT2D eigenvalue weighted by molar-refractivity contribution is 0.0695. The summed E-state index contributed by atoms with van der Waals surface area (Å²) in [6, 6.07) is 36.6. The molecule has 1 saturated heterocycles. The van der Waals surface area contributed by atoms with Crippen molar-refractivity contribution in [3.8, 4) is 96.9 Å². The third-order valence-electron chi connectivity index (χ3n) is 18.9. The number of ketones is 1. The highest BCUT2D eigenvalue weighted by molar-refractivity contribution is 5.99. The molecule has 122 heavy (non-hydrogen) atoms. The Hall–Kier alpha value is -16.4. The number of nitrogens with two attached hydrogens (primary N) is 1. The molecule has 2 amide bonds. The van der Waals surface area contributed by atoms with E-state index in [2.05, 4.69) is 105 Å². The van der Waals surface area contributed by atoms with Crippen molar-refractivity contribution >= 4 is 80.3 Å². The topological polar surface area (TPSA) is 548 Å². The van der Waals surface area contributed by atoms with Crippen molar-refractivity contribution in [3.63, 3.8) is 0 Å². The van der Waals surface area contributed by atoms with E-state index >= 15 is 0 Å². The number of aromatic nitrogens is 20. The second-order valence-electron chi connectivity index (χ2n) is 26.7. The minimum absolute atomic E-state index is 0.000732. The van der Waals surface area contributed by atoms with Gasteiger partial charge in [0.1, 0.15) is 57.9 Å². The van der Waals surface area contributed by atoms with Gasteiger partial charge in [-0.15, -0.1) is 0 Å². The monoisotopic (exact) mass is 1650 g/mol. The van der Waals surface area contributed by atoms with Gasteiger partial charge >= 0.3 is 5.97 Å². The summed E-state index contributed by atoms with van der Waals surface area (Å²) in [4.78, 5) is 177. The number of aromatic carboxylic acids is 1. The largest absolute Gasteiger partial charge is 0.493 e. The molecule has 1 fully saturated rings. The molecule has 2 aliphatic heterocycles. The number of Topliss-reactive ketones (excluding diaryl/α,β-unsaturated/α-hetero) is 1. The van der Waals surface area contributed by atoms with Crippen LogP contribution in [0.25, 0.3) is 113 Å². The SMILES string of the molecule is CCOc1cc(-c2ccn[nH]2)ccc1-c1nc2c(c(=O)[nH]1)CC=N2.CCOc1cc(C(=O)Cc2ccccc2)ccc1-c1nc2nc[nH]c2c(=O)[nH]1.CCOc1cc(C(=O)N2CCCC2)ccc1-c1nc2nc[nH]c2c(=O)[nH]1.CCOc1cc(C(=O)O)ccc1-c1nc2nc[nH]c2c(=O)[nH]1.CCOc1cc(C(N)=O)ccc1-c1nc2nc[nH]c2c(=O)[nH]1. The summed E-state index contributed by atoms with van der Waals surface area (Å²) in [5, 5.41) is 15.9. The zero-order chi connectivity index (χ0) is 85.5. The third kappa shape index (κ3) is 18.4. The predicted octanol–water partition coefficient (Wildman–Crippen LogP) is 9.79. The van der Waals surface area contributed by atoms with Crippen molar-refractivity contribution in [2.75, 3.05) is 46.1 Å². The molecule has 0 unspecified atom stereocenters. The molecule has 0 aliphatic carbocycles. The van der Waals surface area contributed by atoms with E-state index in [1.807, 2.05) is 87.2 Å². The molecule has 18 rings (SSSR count). The zero-order valence-electron chi connectivity index (χ0n) is 66.0. The van der Waals surface area contributed by atoms with Crippen LogP contribution in [0.2, 0.25) is 0 Å². The van der Waals surface area contributed by atoms with Gasteiger partial charge in [0.05, 0.1) is 103 Å². The van der Waals surface area contributed by atoms with Crippen LogP contribution in [0.1, 0.15) is 100 Å². The fraction of sp³-hybridized carbons (Fsp3) is 0.190. The number of aromatic amines is 10. The highest BCUT2D eigenvalue weighted by Crippen LogP contribution is 2.36. The van der Waals surface area contributed by atoms with Gasteiger partial charge in [0, 0.05) is 60.6 Å². The molecule has 10 aromatic heterocycles. The summed E-state index contributed by atoms with van der Waals surface area (Å²) in [6.07, 6.45) is 11.9. The van der Waals surface area contributed by atoms with E-state index in [-0.39, 0.29) is 62.0 Å². The maximum absolute atomic E-state index is 12.7. The normalized spacial score (nSPS) is 11.8. The summed E-state index contributed by atoms with van der Waals surface area (Å²) >= 11 is 0. The number of carboxylic acids is 1. The fourth-order valence-electron chi connectivity index (χ4n) is 13.1. The van der Waals surface area contributed by atoms with Crippen LogP contribution in [-0.4, -0.2) is 186 Å². The lowest BCUT2D eigenvalue weighted by Crippen LogP contribution is -2.27. The van der Waals surface area contributed by atoms with Gasteiger partial charge in [0.15, 0.2) is 56.3 Å². The van der Waals surface area contributed by atoms with E-state index in [0.29, 0.717) is 182 Å². The first kappa shape index (κ1) is 82.1. The Kier molecular flexibility index (Phi) is 25.1. The lowest BCUT2D eigenvalue weighted by Gasteiger charge is -2.17. The molecule has 6 aromatic carbocycles. The molecule has 38 nitrogen and oxygen atoms in total. The number of nitrogens with one attached hydrogen (secondary N) is 10. The van der Waals surface area contributed by atoms with Crippen LogP contribution in [0.5, 0.6) is 28.7 Å². The number of carboxylic acid groups (broad SMARTS) is 1. The van der Waals surface area contributed by atoms with Crippen LogP contribution >= 0.6 is 0 Å². The molecule has 0 spiro atoms. The number of benzene rings is 6. The van der Waals surface area contributed by atoms with Gasteiger partial charge in [0.2, 0.25) is 5.91 Å². The Labute approximate surface area is 688 Å². The lowest BCUT2D eigenvalue weighted by atomic mass is 10.0. The number of likely N-dealkylation sites (tertiary alicyclic amines) is 1. The average molecular weight is 1650 g/mol. The molecule has 0 bridgehead atoms. The van der Waals surface area contributed by atoms with Gasteiger partial charge in [-0.25, -0.2) is 54.6 Å². The van der Waals surface area contributed by atoms with Crippen molar-refractivity contribution in [2.24, 2.45) is 10.7 Å². The van der Waals surface area contributed by atoms with Gasteiger partial charge in [0.25, 0.3) is 33.7 Å². The molecule has 38 heteroatoms. The number of fused-ring (bicyclic) bond motifs is 5. The summed E-state index contributed by atoms with van der Waals surface area (Å²) in [5.41, 5.74) is 14.2. The molecule has 12 heterocycles. The molecular formula is C84H77N23O15. The Morgan fingerprint density at radius 1 is 0.443 bits per heavy atom. The summed E-state index contributed by atoms with van der Waals surface area (Å²) in [6.45, 7) is 12.9. The maximum atomic E-state index is 12.7. The second kappa shape index (κ2) is 37.2. The van der Waals surface area contributed by atoms with Gasteiger partial charge < -0.3 is 84.3 Å². The molecule has 13 N–H and O–H groups in total. The number of aliphatic imine (C=N–C) groups is 1. The third-order valence-corrected chi connectivity index (χ3v) is 18.9. The Morgan fingerprint density at radius 3 is 1.25 bits per heavy atom. The first-order valence-electron chi connectivity index (χ1n) is 38.4. The molecule has 618 valence electrons. The number of hydrogen-bond acceptors (Lipinski definition) is 25. The number of ether oxygens (including phenoxy) is 5.